The number of carbonyl (C=O) groups is 1. The highest BCUT2D eigenvalue weighted by Crippen LogP contribution is 2.11. The monoisotopic (exact) mass is 182 g/mol. The molecule has 0 aromatic carbocycles. The van der Waals surface area contributed by atoms with Crippen LogP contribution < -0.4 is 6.15 Å². The third-order valence-corrected chi connectivity index (χ3v) is 0.402. The maximum absolute atomic E-state index is 9.56. The highest BCUT2D eigenvalue weighted by molar-refractivity contribution is 5.99. The van der Waals surface area contributed by atoms with Gasteiger partial charge in [0.1, 0.15) is 0 Å². The molecule has 0 radical (unpaired) electrons. The fourth-order valence-corrected chi connectivity index (χ4v) is 0.0864. The first-order valence-corrected chi connectivity index (χ1v) is 2.56. The molecule has 0 saturated carbocycles. The van der Waals surface area contributed by atoms with Crippen molar-refractivity contribution in [1.29, 1.82) is 0 Å². The number of cyclic esters (lactones) is 1. The molecule has 1 heterocycles. The Bertz CT molecular complexity index is 122. The van der Waals surface area contributed by atoms with Crippen LogP contribution in [0.15, 0.2) is 12.3 Å². The van der Waals surface area contributed by atoms with Crippen molar-refractivity contribution in [3.05, 3.63) is 12.3 Å². The third-order valence-electron chi connectivity index (χ3n) is 0.402. The predicted molar refractivity (Wildman–Crippen MR) is 47.1 cm³/mol. The lowest BCUT2D eigenvalue weighted by Gasteiger charge is -1.90. The molecule has 3 N–H and O–H groups in total. The van der Waals surface area contributed by atoms with Gasteiger partial charge < -0.3 is 15.8 Å². The molecule has 1 rings (SSSR count). The molecule has 0 spiro atoms. The van der Waals surface area contributed by atoms with E-state index in [2.05, 4.69) is 11.3 Å². The molecule has 1 aliphatic heterocycles. The summed E-state index contributed by atoms with van der Waals surface area (Å²) < 4.78 is 4.08. The van der Waals surface area contributed by atoms with E-state index in [1.165, 1.54) is 0 Å². The Labute approximate surface area is 73.2 Å². The Morgan fingerprint density at radius 3 is 1.45 bits per heavy atom. The Morgan fingerprint density at radius 2 is 1.45 bits per heavy atom. The van der Waals surface area contributed by atoms with E-state index in [-0.39, 0.29) is 30.3 Å². The second kappa shape index (κ2) is 7.53. The van der Waals surface area contributed by atoms with Crippen molar-refractivity contribution in [2.45, 2.75) is 0 Å². The molecule has 1 fully saturated rings. The summed E-state index contributed by atoms with van der Waals surface area (Å²) in [5.41, 5.74) is 0. The van der Waals surface area contributed by atoms with Gasteiger partial charge in [0.25, 0.3) is 0 Å². The Balaban J connectivity index is -0.000000101. The van der Waals surface area contributed by atoms with Crippen LogP contribution in [-0.2, 0) is 9.53 Å². The average molecular weight is 183 g/mol. The van der Waals surface area contributed by atoms with Gasteiger partial charge in [-0.05, 0) is 27.7 Å². The molecule has 68 valence electrons. The summed E-state index contributed by atoms with van der Waals surface area (Å²) in [5, 5.41) is 0. The van der Waals surface area contributed by atoms with E-state index >= 15 is 0 Å². The van der Waals surface area contributed by atoms with E-state index in [4.69, 9.17) is 0 Å². The Kier molecular flexibility index (Phi) is 11.5. The van der Waals surface area contributed by atoms with Crippen molar-refractivity contribution in [2.24, 2.45) is 0 Å². The molecule has 0 amide bonds. The van der Waals surface area contributed by atoms with E-state index in [1.807, 2.05) is 26.0 Å². The first-order valence-electron chi connectivity index (χ1n) is 2.56. The fraction of sp³-hybridized carbons (Fsp3) is 0.500. The SMILES string of the molecule is C=C1OC1=O.CN(C)C.Cl.N. The van der Waals surface area contributed by atoms with E-state index in [0.717, 1.165) is 0 Å². The summed E-state index contributed by atoms with van der Waals surface area (Å²) >= 11 is 0. The number of rotatable bonds is 0. The van der Waals surface area contributed by atoms with Crippen molar-refractivity contribution in [2.75, 3.05) is 21.1 Å². The molecule has 0 atom stereocenters. The topological polar surface area (TPSA) is 67.8 Å². The summed E-state index contributed by atoms with van der Waals surface area (Å²) in [7, 11) is 6.00. The molecule has 0 unspecified atom stereocenters. The van der Waals surface area contributed by atoms with Gasteiger partial charge in [0.05, 0.1) is 0 Å². The zero-order valence-electron chi connectivity index (χ0n) is 7.09. The zero-order chi connectivity index (χ0) is 7.44. The van der Waals surface area contributed by atoms with Crippen molar-refractivity contribution >= 4 is 18.4 Å². The van der Waals surface area contributed by atoms with Crippen molar-refractivity contribution < 1.29 is 9.53 Å². The number of hydrogen-bond acceptors (Lipinski definition) is 4. The van der Waals surface area contributed by atoms with Gasteiger partial charge in [0, 0.05) is 0 Å². The van der Waals surface area contributed by atoms with Gasteiger partial charge in [-0.25, -0.2) is 4.79 Å². The Morgan fingerprint density at radius 1 is 1.36 bits per heavy atom. The summed E-state index contributed by atoms with van der Waals surface area (Å²) in [6.45, 7) is 3.18. The van der Waals surface area contributed by atoms with Gasteiger partial charge >= 0.3 is 5.97 Å². The molecule has 0 aromatic heterocycles. The number of hydrogen-bond donors (Lipinski definition) is 1. The maximum Gasteiger partial charge on any atom is 0.379 e. The smallest absolute Gasteiger partial charge is 0.379 e. The first kappa shape index (κ1) is 16.8. The molecule has 0 bridgehead atoms. The molecule has 1 saturated heterocycles. The molecule has 0 aliphatic carbocycles. The normalized spacial score (nSPS) is 11.6. The largest absolute Gasteiger partial charge is 0.414 e. The molecule has 0 aromatic rings. The molecule has 1 aliphatic rings. The van der Waals surface area contributed by atoms with Gasteiger partial charge in [-0.3, -0.25) is 0 Å². The first-order chi connectivity index (χ1) is 4.04. The van der Waals surface area contributed by atoms with Crippen molar-refractivity contribution in [3.63, 3.8) is 0 Å². The summed E-state index contributed by atoms with van der Waals surface area (Å²) in [6, 6.07) is 0. The quantitative estimate of drug-likeness (QED) is 0.445. The number of ether oxygens (including phenoxy) is 1. The van der Waals surface area contributed by atoms with Crippen LogP contribution in [0.3, 0.4) is 0 Å². The fourth-order valence-electron chi connectivity index (χ4n) is 0.0864. The lowest BCUT2D eigenvalue weighted by Crippen LogP contribution is -1.99. The van der Waals surface area contributed by atoms with Gasteiger partial charge in [-0.1, -0.05) is 0 Å². The predicted octanol–water partition coefficient (Wildman–Crippen LogP) is 0.818. The van der Waals surface area contributed by atoms with Crippen molar-refractivity contribution in [3.8, 4) is 0 Å². The van der Waals surface area contributed by atoms with E-state index in [9.17, 15) is 4.79 Å². The maximum atomic E-state index is 9.56. The number of epoxide rings is 1. The molecular formula is C6H15ClN2O2. The lowest BCUT2D eigenvalue weighted by molar-refractivity contribution is -0.117. The van der Waals surface area contributed by atoms with Crippen LogP contribution in [0, 0.1) is 0 Å². The third kappa shape index (κ3) is 17.7. The van der Waals surface area contributed by atoms with E-state index in [1.54, 1.807) is 0 Å². The minimum absolute atomic E-state index is 0. The summed E-state index contributed by atoms with van der Waals surface area (Å²) in [4.78, 5) is 11.6. The molecule has 4 nitrogen and oxygen atoms in total. The number of halogens is 1. The van der Waals surface area contributed by atoms with Gasteiger partial charge in [0.15, 0.2) is 0 Å². The average Bonchev–Trinajstić information content (AvgIpc) is 2.16. The van der Waals surface area contributed by atoms with Crippen LogP contribution >= 0.6 is 12.4 Å². The highest BCUT2D eigenvalue weighted by Gasteiger charge is 2.26. The van der Waals surface area contributed by atoms with Crippen LogP contribution in [-0.4, -0.2) is 32.0 Å². The van der Waals surface area contributed by atoms with Crippen molar-refractivity contribution in [1.82, 2.24) is 11.1 Å². The van der Waals surface area contributed by atoms with Crippen LogP contribution in [0.2, 0.25) is 0 Å². The number of carbonyl (C=O) groups excluding carboxylic acids is 1. The van der Waals surface area contributed by atoms with Crippen LogP contribution in [0.4, 0.5) is 0 Å². The van der Waals surface area contributed by atoms with Gasteiger partial charge in [-0.2, -0.15) is 0 Å². The minimum atomic E-state index is -0.273. The van der Waals surface area contributed by atoms with Gasteiger partial charge in [-0.15, -0.1) is 12.4 Å². The van der Waals surface area contributed by atoms with Crippen LogP contribution in [0.25, 0.3) is 0 Å². The Hall–Kier alpha value is -0.580. The van der Waals surface area contributed by atoms with Gasteiger partial charge in [0.2, 0.25) is 5.76 Å². The standard InChI is InChI=1S/C3H9N.C3H2O2.ClH.H3N/c1-4(2)3;1-2-3(4)5-2;;/h1-3H3;1H2;1H;1H3. The number of nitrogens with zero attached hydrogens (tertiary/aromatic N) is 1. The lowest BCUT2D eigenvalue weighted by atomic mass is 10.8. The van der Waals surface area contributed by atoms with Crippen LogP contribution in [0.5, 0.6) is 0 Å². The summed E-state index contributed by atoms with van der Waals surface area (Å²) in [5.74, 6) is 0.00926. The highest BCUT2D eigenvalue weighted by atomic mass is 35.5. The second-order valence-corrected chi connectivity index (χ2v) is 2.15. The molecule has 11 heavy (non-hydrogen) atoms. The molecular weight excluding hydrogens is 168 g/mol. The zero-order valence-corrected chi connectivity index (χ0v) is 7.90. The second-order valence-electron chi connectivity index (χ2n) is 2.15. The summed E-state index contributed by atoms with van der Waals surface area (Å²) in [6.07, 6.45) is 0. The van der Waals surface area contributed by atoms with E-state index < -0.39 is 0 Å². The van der Waals surface area contributed by atoms with E-state index in [0.29, 0.717) is 0 Å². The minimum Gasteiger partial charge on any atom is -0.414 e. The molecule has 5 heteroatoms. The van der Waals surface area contributed by atoms with Crippen LogP contribution in [0.1, 0.15) is 0 Å².